The Hall–Kier alpha value is -1.41. The van der Waals surface area contributed by atoms with Gasteiger partial charge in [0.2, 0.25) is 0 Å². The molecule has 2 rings (SSSR count). The van der Waals surface area contributed by atoms with E-state index in [-0.39, 0.29) is 0 Å². The van der Waals surface area contributed by atoms with Crippen LogP contribution in [0.3, 0.4) is 0 Å². The number of rotatable bonds is 2. The van der Waals surface area contributed by atoms with Gasteiger partial charge in [0, 0.05) is 10.9 Å². The highest BCUT2D eigenvalue weighted by Crippen LogP contribution is 2.23. The molecule has 104 valence electrons. The van der Waals surface area contributed by atoms with E-state index in [9.17, 15) is 0 Å². The molecule has 0 spiro atoms. The van der Waals surface area contributed by atoms with Crippen LogP contribution in [0.15, 0.2) is 36.2 Å². The zero-order chi connectivity index (χ0) is 14.8. The van der Waals surface area contributed by atoms with Crippen LogP contribution in [0.1, 0.15) is 45.2 Å². The minimum atomic E-state index is 1.06. The molecule has 19 heavy (non-hydrogen) atoms. The molecule has 2 heteroatoms. The number of hydrogen-bond donors (Lipinski definition) is 0. The van der Waals surface area contributed by atoms with Gasteiger partial charge in [-0.1, -0.05) is 64.1 Å². The first-order valence-corrected chi connectivity index (χ1v) is 7.73. The van der Waals surface area contributed by atoms with E-state index < -0.39 is 0 Å². The summed E-state index contributed by atoms with van der Waals surface area (Å²) < 4.78 is 0. The van der Waals surface area contributed by atoms with E-state index in [4.69, 9.17) is 0 Å². The molecular weight excluding hydrogens is 250 g/mol. The van der Waals surface area contributed by atoms with Crippen molar-refractivity contribution < 1.29 is 0 Å². The Labute approximate surface area is 122 Å². The molecule has 0 aliphatic rings. The van der Waals surface area contributed by atoms with Crippen LogP contribution in [0.5, 0.6) is 0 Å². The van der Waals surface area contributed by atoms with Gasteiger partial charge in [-0.15, -0.1) is 11.3 Å². The van der Waals surface area contributed by atoms with E-state index in [0.29, 0.717) is 0 Å². The molecule has 0 saturated carbocycles. The summed E-state index contributed by atoms with van der Waals surface area (Å²) in [6.07, 6.45) is 0. The lowest BCUT2D eigenvalue weighted by Gasteiger charge is -2.00. The number of hydrogen-bond acceptors (Lipinski definition) is 2. The first-order chi connectivity index (χ1) is 9.16. The summed E-state index contributed by atoms with van der Waals surface area (Å²) in [5, 5.41) is 3.19. The van der Waals surface area contributed by atoms with Gasteiger partial charge in [-0.05, 0) is 19.4 Å². The Bertz CT molecular complexity index is 480. The summed E-state index contributed by atoms with van der Waals surface area (Å²) in [6.45, 7) is 16.0. The number of benzene rings is 1. The average Bonchev–Trinajstić information content (AvgIpc) is 2.90. The van der Waals surface area contributed by atoms with Crippen LogP contribution in [0, 0.1) is 6.92 Å². The molecule has 0 radical (unpaired) electrons. The highest BCUT2D eigenvalue weighted by Gasteiger charge is 2.01. The maximum absolute atomic E-state index is 4.45. The zero-order valence-corrected chi connectivity index (χ0v) is 13.8. The van der Waals surface area contributed by atoms with Crippen molar-refractivity contribution >= 4 is 16.9 Å². The van der Waals surface area contributed by atoms with Gasteiger partial charge in [0.1, 0.15) is 0 Å². The lowest BCUT2D eigenvalue weighted by atomic mass is 10.1. The van der Waals surface area contributed by atoms with Gasteiger partial charge < -0.3 is 0 Å². The standard InChI is InChI=1S/C13H13NS.2C2H6/c1-9(2)11-4-6-12(7-5-11)13-8-15-10(3)14-13;2*1-2/h4-8H,1H2,2-3H3;2*1-2H3. The van der Waals surface area contributed by atoms with Crippen molar-refractivity contribution in [3.63, 3.8) is 0 Å². The van der Waals surface area contributed by atoms with Crippen LogP contribution in [0.2, 0.25) is 0 Å². The van der Waals surface area contributed by atoms with Crippen molar-refractivity contribution in [3.8, 4) is 11.3 Å². The second-order valence-electron chi connectivity index (χ2n) is 3.61. The number of nitrogens with zero attached hydrogens (tertiary/aromatic N) is 1. The van der Waals surface area contributed by atoms with Crippen molar-refractivity contribution in [3.05, 3.63) is 46.8 Å². The van der Waals surface area contributed by atoms with Crippen LogP contribution >= 0.6 is 11.3 Å². The fourth-order valence-electron chi connectivity index (χ4n) is 1.42. The molecule has 2 aromatic rings. The predicted octanol–water partition coefficient (Wildman–Crippen LogP) is 6.20. The molecular formula is C17H25NS. The molecule has 1 aromatic heterocycles. The van der Waals surface area contributed by atoms with Crippen molar-refractivity contribution in [2.75, 3.05) is 0 Å². The number of thiazole rings is 1. The smallest absolute Gasteiger partial charge is 0.0901 e. The molecule has 0 atom stereocenters. The van der Waals surface area contributed by atoms with Crippen molar-refractivity contribution in [1.82, 2.24) is 4.98 Å². The molecule has 0 fully saturated rings. The van der Waals surface area contributed by atoms with Crippen LogP contribution in [-0.4, -0.2) is 4.98 Å². The zero-order valence-electron chi connectivity index (χ0n) is 12.9. The van der Waals surface area contributed by atoms with Crippen molar-refractivity contribution in [1.29, 1.82) is 0 Å². The second-order valence-corrected chi connectivity index (χ2v) is 4.67. The molecule has 0 amide bonds. The highest BCUT2D eigenvalue weighted by molar-refractivity contribution is 7.09. The van der Waals surface area contributed by atoms with Crippen molar-refractivity contribution in [2.45, 2.75) is 41.5 Å². The Morgan fingerprint density at radius 1 is 1.05 bits per heavy atom. The maximum Gasteiger partial charge on any atom is 0.0901 e. The molecule has 1 nitrogen and oxygen atoms in total. The normalized spacial score (nSPS) is 8.74. The van der Waals surface area contributed by atoms with E-state index in [0.717, 1.165) is 16.3 Å². The van der Waals surface area contributed by atoms with Crippen LogP contribution < -0.4 is 0 Å². The molecule has 0 N–H and O–H groups in total. The fourth-order valence-corrected chi connectivity index (χ4v) is 2.04. The van der Waals surface area contributed by atoms with Crippen LogP contribution in [0.25, 0.3) is 16.8 Å². The van der Waals surface area contributed by atoms with E-state index in [1.54, 1.807) is 11.3 Å². The number of aryl methyl sites for hydroxylation is 1. The number of aromatic nitrogens is 1. The summed E-state index contributed by atoms with van der Waals surface area (Å²) >= 11 is 1.68. The van der Waals surface area contributed by atoms with Crippen LogP contribution in [-0.2, 0) is 0 Å². The molecule has 0 aliphatic carbocycles. The maximum atomic E-state index is 4.45. The van der Waals surface area contributed by atoms with E-state index in [2.05, 4.69) is 41.2 Å². The third-order valence-corrected chi connectivity index (χ3v) is 3.07. The Morgan fingerprint density at radius 2 is 1.58 bits per heavy atom. The lowest BCUT2D eigenvalue weighted by molar-refractivity contribution is 1.30. The van der Waals surface area contributed by atoms with Crippen molar-refractivity contribution in [2.24, 2.45) is 0 Å². The van der Waals surface area contributed by atoms with Gasteiger partial charge >= 0.3 is 0 Å². The molecule has 0 saturated heterocycles. The summed E-state index contributed by atoms with van der Waals surface area (Å²) in [5.74, 6) is 0. The summed E-state index contributed by atoms with van der Waals surface area (Å²) in [6, 6.07) is 8.37. The van der Waals surface area contributed by atoms with E-state index in [1.165, 1.54) is 11.1 Å². The quantitative estimate of drug-likeness (QED) is 0.635. The van der Waals surface area contributed by atoms with Gasteiger partial charge in [0.15, 0.2) is 0 Å². The third kappa shape index (κ3) is 5.39. The summed E-state index contributed by atoms with van der Waals surface area (Å²) in [4.78, 5) is 4.45. The van der Waals surface area contributed by atoms with E-state index >= 15 is 0 Å². The van der Waals surface area contributed by atoms with E-state index in [1.807, 2.05) is 41.5 Å². The third-order valence-electron chi connectivity index (χ3n) is 2.29. The van der Waals surface area contributed by atoms with Gasteiger partial charge in [-0.3, -0.25) is 0 Å². The van der Waals surface area contributed by atoms with Gasteiger partial charge in [-0.2, -0.15) is 0 Å². The van der Waals surface area contributed by atoms with Crippen LogP contribution in [0.4, 0.5) is 0 Å². The molecule has 0 aliphatic heterocycles. The Morgan fingerprint density at radius 3 is 1.95 bits per heavy atom. The first-order valence-electron chi connectivity index (χ1n) is 6.85. The lowest BCUT2D eigenvalue weighted by Crippen LogP contribution is -1.80. The van der Waals surface area contributed by atoms with Gasteiger partial charge in [0.05, 0.1) is 10.7 Å². The summed E-state index contributed by atoms with van der Waals surface area (Å²) in [7, 11) is 0. The predicted molar refractivity (Wildman–Crippen MR) is 89.7 cm³/mol. The number of allylic oxidation sites excluding steroid dienone is 1. The SMILES string of the molecule is C=C(C)c1ccc(-c2csc(C)n2)cc1.CC.CC. The average molecular weight is 275 g/mol. The van der Waals surface area contributed by atoms with Gasteiger partial charge in [0.25, 0.3) is 0 Å². The van der Waals surface area contributed by atoms with Gasteiger partial charge in [-0.25, -0.2) is 4.98 Å². The monoisotopic (exact) mass is 275 g/mol. The summed E-state index contributed by atoms with van der Waals surface area (Å²) in [5.41, 5.74) is 4.51. The minimum Gasteiger partial charge on any atom is -0.242 e. The topological polar surface area (TPSA) is 12.9 Å². The molecule has 0 bridgehead atoms. The second kappa shape index (κ2) is 9.51. The molecule has 0 unspecified atom stereocenters. The minimum absolute atomic E-state index is 1.06. The Balaban J connectivity index is 0.000000741. The Kier molecular flexibility index (Phi) is 8.81. The fraction of sp³-hybridized carbons (Fsp3) is 0.353. The highest BCUT2D eigenvalue weighted by atomic mass is 32.1. The molecule has 1 heterocycles. The largest absolute Gasteiger partial charge is 0.242 e. The first kappa shape index (κ1) is 17.6. The molecule has 1 aromatic carbocycles.